The highest BCUT2D eigenvalue weighted by Crippen LogP contribution is 2.28. The molecule has 16 heavy (non-hydrogen) atoms. The Morgan fingerprint density at radius 2 is 2.06 bits per heavy atom. The van der Waals surface area contributed by atoms with Crippen LogP contribution in [0.4, 0.5) is 5.69 Å². The number of halogens is 1. The van der Waals surface area contributed by atoms with Gasteiger partial charge in [-0.15, -0.1) is 0 Å². The fourth-order valence-electron chi connectivity index (χ4n) is 1.37. The zero-order valence-corrected chi connectivity index (χ0v) is 10.7. The Morgan fingerprint density at radius 1 is 1.44 bits per heavy atom. The predicted octanol–water partition coefficient (Wildman–Crippen LogP) is 1.61. The SMILES string of the molecule is Cc1cccc(Br)c1N(C)C(=N)NC(=N)N. The summed E-state index contributed by atoms with van der Waals surface area (Å²) in [6, 6.07) is 5.79. The van der Waals surface area contributed by atoms with Gasteiger partial charge in [-0.05, 0) is 34.5 Å². The molecule has 5 N–H and O–H groups in total. The van der Waals surface area contributed by atoms with Crippen molar-refractivity contribution in [1.29, 1.82) is 10.8 Å². The lowest BCUT2D eigenvalue weighted by Crippen LogP contribution is -2.44. The van der Waals surface area contributed by atoms with Gasteiger partial charge in [0.15, 0.2) is 5.96 Å². The minimum absolute atomic E-state index is 0.0579. The first-order chi connectivity index (χ1) is 7.43. The van der Waals surface area contributed by atoms with E-state index >= 15 is 0 Å². The van der Waals surface area contributed by atoms with E-state index in [2.05, 4.69) is 21.2 Å². The van der Waals surface area contributed by atoms with Crippen LogP contribution in [0.2, 0.25) is 0 Å². The number of anilines is 1. The van der Waals surface area contributed by atoms with Gasteiger partial charge in [0, 0.05) is 11.5 Å². The van der Waals surface area contributed by atoms with Crippen LogP contribution in [0.1, 0.15) is 5.56 Å². The molecule has 1 aromatic carbocycles. The molecular formula is C10H14BrN5. The van der Waals surface area contributed by atoms with E-state index in [4.69, 9.17) is 16.6 Å². The van der Waals surface area contributed by atoms with Gasteiger partial charge in [-0.3, -0.25) is 16.1 Å². The van der Waals surface area contributed by atoms with Crippen LogP contribution in [0.25, 0.3) is 0 Å². The van der Waals surface area contributed by atoms with Crippen LogP contribution in [-0.2, 0) is 0 Å². The summed E-state index contributed by atoms with van der Waals surface area (Å²) in [4.78, 5) is 1.63. The monoisotopic (exact) mass is 283 g/mol. The number of nitrogens with zero attached hydrogens (tertiary/aromatic N) is 1. The lowest BCUT2D eigenvalue weighted by Gasteiger charge is -2.23. The molecule has 0 saturated carbocycles. The lowest BCUT2D eigenvalue weighted by atomic mass is 10.2. The molecule has 0 unspecified atom stereocenters. The van der Waals surface area contributed by atoms with Crippen molar-refractivity contribution in [2.45, 2.75) is 6.92 Å². The molecule has 0 bridgehead atoms. The van der Waals surface area contributed by atoms with Crippen LogP contribution < -0.4 is 16.0 Å². The molecule has 6 heteroatoms. The first-order valence-corrected chi connectivity index (χ1v) is 5.41. The van der Waals surface area contributed by atoms with Gasteiger partial charge in [-0.25, -0.2) is 0 Å². The maximum absolute atomic E-state index is 7.73. The van der Waals surface area contributed by atoms with Gasteiger partial charge in [0.2, 0.25) is 5.96 Å². The highest BCUT2D eigenvalue weighted by molar-refractivity contribution is 9.10. The molecular weight excluding hydrogens is 270 g/mol. The fraction of sp³-hybridized carbons (Fsp3) is 0.200. The number of guanidine groups is 2. The Hall–Kier alpha value is -1.56. The topological polar surface area (TPSA) is 89.0 Å². The van der Waals surface area contributed by atoms with E-state index in [1.54, 1.807) is 11.9 Å². The van der Waals surface area contributed by atoms with Crippen molar-refractivity contribution in [3.05, 3.63) is 28.2 Å². The number of aryl methyl sites for hydroxylation is 1. The molecule has 0 atom stereocenters. The fourth-order valence-corrected chi connectivity index (χ4v) is 2.10. The number of hydrogen-bond donors (Lipinski definition) is 4. The summed E-state index contributed by atoms with van der Waals surface area (Å²) in [5.41, 5.74) is 7.09. The smallest absolute Gasteiger partial charge is 0.202 e. The number of benzene rings is 1. The van der Waals surface area contributed by atoms with Gasteiger partial charge in [-0.1, -0.05) is 12.1 Å². The summed E-state index contributed by atoms with van der Waals surface area (Å²) in [7, 11) is 1.74. The molecule has 1 rings (SSSR count). The second kappa shape index (κ2) is 4.98. The highest BCUT2D eigenvalue weighted by Gasteiger charge is 2.12. The number of nitrogens with two attached hydrogens (primary N) is 1. The van der Waals surface area contributed by atoms with E-state index in [0.717, 1.165) is 15.7 Å². The summed E-state index contributed by atoms with van der Waals surface area (Å²) in [5, 5.41) is 17.2. The molecule has 0 aliphatic rings. The maximum Gasteiger partial charge on any atom is 0.202 e. The van der Waals surface area contributed by atoms with Crippen molar-refractivity contribution in [2.75, 3.05) is 11.9 Å². The summed E-state index contributed by atoms with van der Waals surface area (Å²) >= 11 is 3.43. The van der Waals surface area contributed by atoms with E-state index in [-0.39, 0.29) is 11.9 Å². The first-order valence-electron chi connectivity index (χ1n) is 4.62. The van der Waals surface area contributed by atoms with Crippen molar-refractivity contribution in [2.24, 2.45) is 5.73 Å². The van der Waals surface area contributed by atoms with Crippen molar-refractivity contribution < 1.29 is 0 Å². The minimum atomic E-state index is -0.249. The van der Waals surface area contributed by atoms with Crippen molar-refractivity contribution >= 4 is 33.5 Å². The Kier molecular flexibility index (Phi) is 3.89. The minimum Gasteiger partial charge on any atom is -0.370 e. The van der Waals surface area contributed by atoms with Gasteiger partial charge in [0.05, 0.1) is 5.69 Å². The van der Waals surface area contributed by atoms with Crippen LogP contribution in [0, 0.1) is 17.7 Å². The molecule has 0 aliphatic heterocycles. The lowest BCUT2D eigenvalue weighted by molar-refractivity contribution is 1.10. The molecule has 0 fully saturated rings. The number of para-hydroxylation sites is 1. The molecule has 0 aliphatic carbocycles. The van der Waals surface area contributed by atoms with Crippen molar-refractivity contribution in [3.63, 3.8) is 0 Å². The third-order valence-corrected chi connectivity index (χ3v) is 2.75. The number of rotatable bonds is 1. The molecule has 5 nitrogen and oxygen atoms in total. The third-order valence-electron chi connectivity index (χ3n) is 2.11. The first kappa shape index (κ1) is 12.5. The quantitative estimate of drug-likeness (QED) is 0.466. The molecule has 0 radical (unpaired) electrons. The zero-order valence-electron chi connectivity index (χ0n) is 9.13. The van der Waals surface area contributed by atoms with Gasteiger partial charge < -0.3 is 10.6 Å². The molecule has 0 spiro atoms. The third kappa shape index (κ3) is 2.73. The second-order valence-electron chi connectivity index (χ2n) is 3.35. The standard InChI is InChI=1S/C10H14BrN5/c1-6-4-3-5-7(11)8(6)16(2)10(14)15-9(12)13/h3-5H,1-2H3,(H5,12,13,14,15). The Morgan fingerprint density at radius 3 is 2.56 bits per heavy atom. The van der Waals surface area contributed by atoms with E-state index in [9.17, 15) is 0 Å². The van der Waals surface area contributed by atoms with Crippen LogP contribution in [0.3, 0.4) is 0 Å². The van der Waals surface area contributed by atoms with Gasteiger partial charge in [-0.2, -0.15) is 0 Å². The van der Waals surface area contributed by atoms with Gasteiger partial charge in [0.1, 0.15) is 0 Å². The zero-order chi connectivity index (χ0) is 12.3. The van der Waals surface area contributed by atoms with E-state index in [0.29, 0.717) is 0 Å². The molecule has 1 aromatic rings. The number of nitrogens with one attached hydrogen (secondary N) is 3. The normalized spacial score (nSPS) is 9.69. The predicted molar refractivity (Wildman–Crippen MR) is 70.1 cm³/mol. The molecule has 0 heterocycles. The average Bonchev–Trinajstić information content (AvgIpc) is 2.16. The van der Waals surface area contributed by atoms with Gasteiger partial charge in [0.25, 0.3) is 0 Å². The van der Waals surface area contributed by atoms with Gasteiger partial charge >= 0.3 is 0 Å². The van der Waals surface area contributed by atoms with Crippen LogP contribution in [0.5, 0.6) is 0 Å². The summed E-state index contributed by atoms with van der Waals surface area (Å²) in [5.74, 6) is -0.191. The Bertz CT molecular complexity index is 409. The van der Waals surface area contributed by atoms with Crippen molar-refractivity contribution in [3.8, 4) is 0 Å². The molecule has 0 saturated heterocycles. The maximum atomic E-state index is 7.73. The molecule has 0 aromatic heterocycles. The highest BCUT2D eigenvalue weighted by atomic mass is 79.9. The average molecular weight is 284 g/mol. The summed E-state index contributed by atoms with van der Waals surface area (Å²) < 4.78 is 0.894. The van der Waals surface area contributed by atoms with Crippen molar-refractivity contribution in [1.82, 2.24) is 5.32 Å². The van der Waals surface area contributed by atoms with Crippen LogP contribution in [-0.4, -0.2) is 19.0 Å². The number of hydrogen-bond acceptors (Lipinski definition) is 2. The molecule has 86 valence electrons. The largest absolute Gasteiger partial charge is 0.370 e. The van der Waals surface area contributed by atoms with E-state index < -0.39 is 0 Å². The van der Waals surface area contributed by atoms with Crippen LogP contribution in [0.15, 0.2) is 22.7 Å². The second-order valence-corrected chi connectivity index (χ2v) is 4.21. The molecule has 0 amide bonds. The Balaban J connectivity index is 3.00. The van der Waals surface area contributed by atoms with E-state index in [1.807, 2.05) is 25.1 Å². The summed E-state index contributed by atoms with van der Waals surface area (Å²) in [6.45, 7) is 1.96. The Labute approximate surface area is 103 Å². The summed E-state index contributed by atoms with van der Waals surface area (Å²) in [6.07, 6.45) is 0. The van der Waals surface area contributed by atoms with E-state index in [1.165, 1.54) is 0 Å². The van der Waals surface area contributed by atoms with Crippen LogP contribution >= 0.6 is 15.9 Å².